The Morgan fingerprint density at radius 1 is 1.05 bits per heavy atom. The van der Waals surface area contributed by atoms with Gasteiger partial charge in [-0.25, -0.2) is 5.01 Å². The van der Waals surface area contributed by atoms with Crippen LogP contribution in [0, 0.1) is 5.92 Å². The first-order chi connectivity index (χ1) is 18.6. The van der Waals surface area contributed by atoms with Gasteiger partial charge in [0.2, 0.25) is 13.6 Å². The van der Waals surface area contributed by atoms with Crippen molar-refractivity contribution in [3.05, 3.63) is 70.0 Å². The van der Waals surface area contributed by atoms with Crippen LogP contribution in [-0.2, 0) is 6.54 Å². The second kappa shape index (κ2) is 9.09. The van der Waals surface area contributed by atoms with Gasteiger partial charge in [-0.1, -0.05) is 23.7 Å². The number of hydrogen-bond acceptors (Lipinski definition) is 7. The van der Waals surface area contributed by atoms with Gasteiger partial charge in [0.1, 0.15) is 0 Å². The maximum atomic E-state index is 13.9. The zero-order valence-corrected chi connectivity index (χ0v) is 21.5. The molecule has 2 aromatic carbocycles. The van der Waals surface area contributed by atoms with E-state index in [1.165, 1.54) is 0 Å². The van der Waals surface area contributed by atoms with Crippen LogP contribution in [0.4, 0.5) is 0 Å². The molecular formula is C28H25ClN4O5. The minimum absolute atomic E-state index is 0.0142. The van der Waals surface area contributed by atoms with Crippen LogP contribution in [0.5, 0.6) is 23.0 Å². The first-order valence-electron chi connectivity index (χ1n) is 12.7. The lowest BCUT2D eigenvalue weighted by Gasteiger charge is -2.29. The Morgan fingerprint density at radius 2 is 1.79 bits per heavy atom. The second-order valence-electron chi connectivity index (χ2n) is 9.65. The molecule has 1 amide bonds. The van der Waals surface area contributed by atoms with Gasteiger partial charge < -0.3 is 18.9 Å². The van der Waals surface area contributed by atoms with Crippen molar-refractivity contribution in [2.45, 2.75) is 38.8 Å². The quantitative estimate of drug-likeness (QED) is 0.444. The average Bonchev–Trinajstić information content (AvgIpc) is 3.72. The van der Waals surface area contributed by atoms with Crippen molar-refractivity contribution in [2.75, 3.05) is 13.6 Å². The van der Waals surface area contributed by atoms with Gasteiger partial charge in [0.05, 0.1) is 16.8 Å². The molecule has 10 heteroatoms. The van der Waals surface area contributed by atoms with Crippen molar-refractivity contribution in [1.82, 2.24) is 14.8 Å². The smallest absolute Gasteiger partial charge is 0.296 e. The molecule has 0 saturated heterocycles. The van der Waals surface area contributed by atoms with Crippen molar-refractivity contribution in [1.29, 1.82) is 0 Å². The Bertz CT molecular complexity index is 1510. The van der Waals surface area contributed by atoms with Gasteiger partial charge in [0.25, 0.3) is 5.91 Å². The third kappa shape index (κ3) is 3.80. The number of benzene rings is 2. The summed E-state index contributed by atoms with van der Waals surface area (Å²) in [5.41, 5.74) is 4.15. The summed E-state index contributed by atoms with van der Waals surface area (Å²) >= 11 is 6.45. The van der Waals surface area contributed by atoms with Crippen LogP contribution in [0.25, 0.3) is 6.08 Å². The van der Waals surface area contributed by atoms with Crippen molar-refractivity contribution in [2.24, 2.45) is 11.0 Å². The van der Waals surface area contributed by atoms with E-state index < -0.39 is 0 Å². The molecule has 2 atom stereocenters. The SMILES string of the molecule is CCn1cc(Cl)c(C(=O)N2N=C3/C(=C/c4ccc5c(c4)OCO5)CCC[C@@H]3[C@H]2c2ccc3c(c2)OCO3)n1. The number of aromatic nitrogens is 2. The number of halogens is 1. The molecule has 7 rings (SSSR count). The highest BCUT2D eigenvalue weighted by molar-refractivity contribution is 6.33. The lowest BCUT2D eigenvalue weighted by Crippen LogP contribution is -2.32. The van der Waals surface area contributed by atoms with Crippen LogP contribution in [0.3, 0.4) is 0 Å². The summed E-state index contributed by atoms with van der Waals surface area (Å²) in [5, 5.41) is 11.3. The highest BCUT2D eigenvalue weighted by atomic mass is 35.5. The van der Waals surface area contributed by atoms with Crippen LogP contribution >= 0.6 is 11.6 Å². The number of carbonyl (C=O) groups excluding carboxylic acids is 1. The minimum atomic E-state index is -0.325. The number of nitrogens with zero attached hydrogens (tertiary/aromatic N) is 4. The molecule has 1 fully saturated rings. The van der Waals surface area contributed by atoms with Crippen molar-refractivity contribution < 1.29 is 23.7 Å². The zero-order chi connectivity index (χ0) is 25.8. The molecule has 194 valence electrons. The fraction of sp³-hybridized carbons (Fsp3) is 0.321. The Hall–Kier alpha value is -3.98. The van der Waals surface area contributed by atoms with Crippen LogP contribution in [0.15, 0.2) is 53.3 Å². The molecule has 0 radical (unpaired) electrons. The molecule has 9 nitrogen and oxygen atoms in total. The molecule has 1 aromatic heterocycles. The average molecular weight is 533 g/mol. The molecule has 3 aromatic rings. The zero-order valence-electron chi connectivity index (χ0n) is 20.7. The summed E-state index contributed by atoms with van der Waals surface area (Å²) in [5.74, 6) is 2.53. The highest BCUT2D eigenvalue weighted by Gasteiger charge is 2.45. The molecular weight excluding hydrogens is 508 g/mol. The number of allylic oxidation sites excluding steroid dienone is 1. The van der Waals surface area contributed by atoms with Gasteiger partial charge in [0, 0.05) is 18.7 Å². The molecule has 0 bridgehead atoms. The van der Waals surface area contributed by atoms with Crippen LogP contribution in [0.2, 0.25) is 5.02 Å². The van der Waals surface area contributed by atoms with Gasteiger partial charge in [-0.3, -0.25) is 9.48 Å². The normalized spacial score (nSPS) is 22.1. The van der Waals surface area contributed by atoms with Crippen LogP contribution in [-0.4, -0.2) is 40.0 Å². The van der Waals surface area contributed by atoms with E-state index in [-0.39, 0.29) is 37.1 Å². The summed E-state index contributed by atoms with van der Waals surface area (Å²) in [6, 6.07) is 11.4. The summed E-state index contributed by atoms with van der Waals surface area (Å²) in [6.07, 6.45) is 6.55. The summed E-state index contributed by atoms with van der Waals surface area (Å²) < 4.78 is 23.9. The van der Waals surface area contributed by atoms with Gasteiger partial charge in [-0.05, 0) is 73.2 Å². The van der Waals surface area contributed by atoms with E-state index in [1.54, 1.807) is 15.9 Å². The molecule has 0 spiro atoms. The molecule has 1 aliphatic carbocycles. The lowest BCUT2D eigenvalue weighted by atomic mass is 9.77. The fourth-order valence-corrected chi connectivity index (χ4v) is 5.85. The number of fused-ring (bicyclic) bond motifs is 3. The Kier molecular flexibility index (Phi) is 5.54. The van der Waals surface area contributed by atoms with Gasteiger partial charge in [-0.2, -0.15) is 10.2 Å². The Morgan fingerprint density at radius 3 is 2.55 bits per heavy atom. The first-order valence-corrected chi connectivity index (χ1v) is 13.1. The number of ether oxygens (including phenoxy) is 4. The van der Waals surface area contributed by atoms with Gasteiger partial charge in [-0.15, -0.1) is 0 Å². The molecule has 3 aliphatic heterocycles. The van der Waals surface area contributed by atoms with Crippen LogP contribution in [0.1, 0.15) is 53.8 Å². The fourth-order valence-electron chi connectivity index (χ4n) is 5.61. The van der Waals surface area contributed by atoms with E-state index in [0.29, 0.717) is 23.1 Å². The standard InChI is InChI=1S/C28H25ClN4O5/c1-2-32-13-20(29)26(30-32)28(34)33-27(18-7-9-22-24(12-18)38-15-36-22)19-5-3-4-17(25(19)31-33)10-16-6-8-21-23(11-16)37-14-35-21/h6-13,19,27H,2-5,14-15H2,1H3/b17-10+/t19-,27+/m0/s1. The third-order valence-electron chi connectivity index (χ3n) is 7.43. The first kappa shape index (κ1) is 23.2. The van der Waals surface area contributed by atoms with Crippen molar-refractivity contribution in [3.8, 4) is 23.0 Å². The van der Waals surface area contributed by atoms with E-state index in [0.717, 1.165) is 53.2 Å². The number of amides is 1. The Labute approximate surface area is 224 Å². The summed E-state index contributed by atoms with van der Waals surface area (Å²) in [6.45, 7) is 2.97. The van der Waals surface area contributed by atoms with Gasteiger partial charge in [0.15, 0.2) is 28.7 Å². The molecule has 4 heterocycles. The van der Waals surface area contributed by atoms with E-state index in [1.807, 2.05) is 43.3 Å². The molecule has 0 unspecified atom stereocenters. The third-order valence-corrected chi connectivity index (χ3v) is 7.71. The van der Waals surface area contributed by atoms with Gasteiger partial charge >= 0.3 is 0 Å². The van der Waals surface area contributed by atoms with E-state index in [4.69, 9.17) is 35.6 Å². The lowest BCUT2D eigenvalue weighted by molar-refractivity contribution is 0.0673. The van der Waals surface area contributed by atoms with E-state index in [9.17, 15) is 4.79 Å². The number of rotatable bonds is 4. The number of hydrazone groups is 1. The van der Waals surface area contributed by atoms with Crippen LogP contribution < -0.4 is 18.9 Å². The summed E-state index contributed by atoms with van der Waals surface area (Å²) in [4.78, 5) is 13.9. The topological polar surface area (TPSA) is 87.4 Å². The molecule has 38 heavy (non-hydrogen) atoms. The van der Waals surface area contributed by atoms with E-state index >= 15 is 0 Å². The number of hydrogen-bond donors (Lipinski definition) is 0. The van der Waals surface area contributed by atoms with E-state index in [2.05, 4.69) is 11.2 Å². The predicted molar refractivity (Wildman–Crippen MR) is 140 cm³/mol. The Balaban J connectivity index is 1.30. The monoisotopic (exact) mass is 532 g/mol. The van der Waals surface area contributed by atoms with Crippen molar-refractivity contribution in [3.63, 3.8) is 0 Å². The largest absolute Gasteiger partial charge is 0.454 e. The molecule has 1 saturated carbocycles. The minimum Gasteiger partial charge on any atom is -0.454 e. The predicted octanol–water partition coefficient (Wildman–Crippen LogP) is 5.45. The van der Waals surface area contributed by atoms with Crippen molar-refractivity contribution >= 4 is 29.3 Å². The maximum Gasteiger partial charge on any atom is 0.296 e. The highest BCUT2D eigenvalue weighted by Crippen LogP contribution is 2.47. The molecule has 0 N–H and O–H groups in total. The molecule has 4 aliphatic rings. The number of aryl methyl sites for hydroxylation is 1. The summed E-state index contributed by atoms with van der Waals surface area (Å²) in [7, 11) is 0. The number of carbonyl (C=O) groups is 1. The maximum absolute atomic E-state index is 13.9. The second-order valence-corrected chi connectivity index (χ2v) is 10.1.